The van der Waals surface area contributed by atoms with Gasteiger partial charge < -0.3 is 14.7 Å². The zero-order chi connectivity index (χ0) is 16.1. The molecule has 1 aliphatic rings. The molecule has 1 aromatic rings. The predicted molar refractivity (Wildman–Crippen MR) is 82.7 cm³/mol. The van der Waals surface area contributed by atoms with Crippen LogP contribution in [-0.2, 0) is 27.2 Å². The number of carbonyl (C=O) groups excluding carboxylic acids is 1. The van der Waals surface area contributed by atoms with Crippen LogP contribution in [0.5, 0.6) is 0 Å². The second-order valence-corrected chi connectivity index (χ2v) is 5.66. The zero-order valence-corrected chi connectivity index (χ0v) is 13.1. The minimum absolute atomic E-state index is 0.119. The van der Waals surface area contributed by atoms with E-state index in [1.54, 1.807) is 7.11 Å². The molecule has 0 radical (unpaired) electrons. The number of carboxylic acids is 1. The second-order valence-electron chi connectivity index (χ2n) is 5.66. The topological polar surface area (TPSA) is 66.8 Å². The number of carboxylic acid groups (broad SMARTS) is 1. The minimum Gasteiger partial charge on any atom is -0.480 e. The summed E-state index contributed by atoms with van der Waals surface area (Å²) in [5, 5.41) is 9.24. The Morgan fingerprint density at radius 1 is 1.27 bits per heavy atom. The number of hydrogen-bond donors (Lipinski definition) is 1. The summed E-state index contributed by atoms with van der Waals surface area (Å²) in [5.41, 5.74) is 2.36. The molecular formula is C17H23NO4. The summed E-state index contributed by atoms with van der Waals surface area (Å²) in [7, 11) is 1.55. The summed E-state index contributed by atoms with van der Waals surface area (Å²) in [6.07, 6.45) is 2.12. The summed E-state index contributed by atoms with van der Waals surface area (Å²) in [4.78, 5) is 25.0. The molecule has 1 fully saturated rings. The summed E-state index contributed by atoms with van der Waals surface area (Å²) in [6.45, 7) is 2.46. The molecule has 1 aromatic carbocycles. The quantitative estimate of drug-likeness (QED) is 0.871. The number of hydrogen-bond acceptors (Lipinski definition) is 3. The van der Waals surface area contributed by atoms with Crippen LogP contribution in [0.1, 0.15) is 30.9 Å². The van der Waals surface area contributed by atoms with Gasteiger partial charge in [-0.1, -0.05) is 31.2 Å². The lowest BCUT2D eigenvalue weighted by molar-refractivity contribution is -0.148. The lowest BCUT2D eigenvalue weighted by Gasteiger charge is -2.21. The number of likely N-dealkylation sites (tertiary alicyclic amines) is 1. The third-order valence-electron chi connectivity index (χ3n) is 4.26. The molecule has 5 heteroatoms. The third kappa shape index (κ3) is 3.85. The average molecular weight is 305 g/mol. The minimum atomic E-state index is -0.958. The van der Waals surface area contributed by atoms with Crippen molar-refractivity contribution in [3.05, 3.63) is 35.4 Å². The Morgan fingerprint density at radius 3 is 2.45 bits per heavy atom. The van der Waals surface area contributed by atoms with Crippen molar-refractivity contribution in [2.75, 3.05) is 13.7 Å². The Labute approximate surface area is 130 Å². The van der Waals surface area contributed by atoms with Gasteiger partial charge in [-0.05, 0) is 24.0 Å². The Kier molecular flexibility index (Phi) is 5.55. The van der Waals surface area contributed by atoms with Gasteiger partial charge in [0.2, 0.25) is 5.91 Å². The van der Waals surface area contributed by atoms with E-state index in [-0.39, 0.29) is 12.0 Å². The SMILES string of the molecule is CCc1ccc(CCC(=O)N2CC(OC)CC2C(=O)O)cc1. The maximum Gasteiger partial charge on any atom is 0.326 e. The highest BCUT2D eigenvalue weighted by atomic mass is 16.5. The van der Waals surface area contributed by atoms with Crippen LogP contribution in [0.3, 0.4) is 0 Å². The predicted octanol–water partition coefficient (Wildman–Crippen LogP) is 1.88. The molecular weight excluding hydrogens is 282 g/mol. The fraction of sp³-hybridized carbons (Fsp3) is 0.529. The van der Waals surface area contributed by atoms with Crippen LogP contribution < -0.4 is 0 Å². The lowest BCUT2D eigenvalue weighted by Crippen LogP contribution is -2.40. The first kappa shape index (κ1) is 16.5. The molecule has 2 atom stereocenters. The normalized spacial score (nSPS) is 21.1. The molecule has 0 aliphatic carbocycles. The van der Waals surface area contributed by atoms with Crippen LogP contribution in [0.15, 0.2) is 24.3 Å². The van der Waals surface area contributed by atoms with Gasteiger partial charge in [0.25, 0.3) is 0 Å². The van der Waals surface area contributed by atoms with E-state index in [2.05, 4.69) is 19.1 Å². The number of nitrogens with zero attached hydrogens (tertiary/aromatic N) is 1. The van der Waals surface area contributed by atoms with Gasteiger partial charge >= 0.3 is 5.97 Å². The fourth-order valence-corrected chi connectivity index (χ4v) is 2.81. The van der Waals surface area contributed by atoms with Crippen LogP contribution in [0.4, 0.5) is 0 Å². The van der Waals surface area contributed by atoms with E-state index in [9.17, 15) is 14.7 Å². The molecule has 120 valence electrons. The molecule has 2 rings (SSSR count). The monoisotopic (exact) mass is 305 g/mol. The standard InChI is InChI=1S/C17H23NO4/c1-3-12-4-6-13(7-5-12)8-9-16(19)18-11-14(22-2)10-15(18)17(20)21/h4-7,14-15H,3,8-11H2,1-2H3,(H,20,21). The maximum atomic E-state index is 12.3. The summed E-state index contributed by atoms with van der Waals surface area (Å²) in [6, 6.07) is 7.43. The number of carbonyl (C=O) groups is 2. The van der Waals surface area contributed by atoms with Gasteiger partial charge in [-0.3, -0.25) is 4.79 Å². The van der Waals surface area contributed by atoms with E-state index in [1.807, 2.05) is 12.1 Å². The average Bonchev–Trinajstić information content (AvgIpc) is 2.98. The van der Waals surface area contributed by atoms with Crippen molar-refractivity contribution in [1.29, 1.82) is 0 Å². The van der Waals surface area contributed by atoms with E-state index in [0.29, 0.717) is 25.8 Å². The highest BCUT2D eigenvalue weighted by Crippen LogP contribution is 2.21. The second kappa shape index (κ2) is 7.40. The van der Waals surface area contributed by atoms with Gasteiger partial charge in [0.1, 0.15) is 6.04 Å². The Morgan fingerprint density at radius 2 is 1.91 bits per heavy atom. The van der Waals surface area contributed by atoms with Crippen LogP contribution in [0.2, 0.25) is 0 Å². The van der Waals surface area contributed by atoms with Crippen molar-refractivity contribution in [2.45, 2.75) is 44.8 Å². The number of rotatable bonds is 6. The van der Waals surface area contributed by atoms with Crippen molar-refractivity contribution >= 4 is 11.9 Å². The number of methoxy groups -OCH3 is 1. The van der Waals surface area contributed by atoms with Crippen LogP contribution in [0.25, 0.3) is 0 Å². The first-order chi connectivity index (χ1) is 10.5. The van der Waals surface area contributed by atoms with Crippen molar-refractivity contribution in [3.63, 3.8) is 0 Å². The van der Waals surface area contributed by atoms with Crippen LogP contribution >= 0.6 is 0 Å². The Bertz CT molecular complexity index is 526. The van der Waals surface area contributed by atoms with Crippen molar-refractivity contribution in [1.82, 2.24) is 4.90 Å². The number of aliphatic carboxylic acids is 1. The van der Waals surface area contributed by atoms with Crippen molar-refractivity contribution in [3.8, 4) is 0 Å². The molecule has 2 unspecified atom stereocenters. The molecule has 1 aliphatic heterocycles. The lowest BCUT2D eigenvalue weighted by atomic mass is 10.1. The highest BCUT2D eigenvalue weighted by molar-refractivity contribution is 5.84. The molecule has 1 amide bonds. The summed E-state index contributed by atoms with van der Waals surface area (Å²) >= 11 is 0. The molecule has 0 aromatic heterocycles. The third-order valence-corrected chi connectivity index (χ3v) is 4.26. The van der Waals surface area contributed by atoms with Gasteiger partial charge in [-0.2, -0.15) is 0 Å². The summed E-state index contributed by atoms with van der Waals surface area (Å²) < 4.78 is 5.20. The molecule has 1 saturated heterocycles. The molecule has 5 nitrogen and oxygen atoms in total. The van der Waals surface area contributed by atoms with Gasteiger partial charge in [-0.15, -0.1) is 0 Å². The molecule has 1 N–H and O–H groups in total. The van der Waals surface area contributed by atoms with E-state index < -0.39 is 12.0 Å². The van der Waals surface area contributed by atoms with Crippen LogP contribution in [0, 0.1) is 0 Å². The number of aryl methyl sites for hydroxylation is 2. The van der Waals surface area contributed by atoms with Crippen molar-refractivity contribution in [2.24, 2.45) is 0 Å². The first-order valence-electron chi connectivity index (χ1n) is 7.68. The first-order valence-corrected chi connectivity index (χ1v) is 7.68. The fourth-order valence-electron chi connectivity index (χ4n) is 2.81. The van der Waals surface area contributed by atoms with Gasteiger partial charge in [0.05, 0.1) is 6.10 Å². The Balaban J connectivity index is 1.94. The number of benzene rings is 1. The molecule has 0 spiro atoms. The van der Waals surface area contributed by atoms with E-state index in [4.69, 9.17) is 4.74 Å². The van der Waals surface area contributed by atoms with Gasteiger partial charge in [0.15, 0.2) is 0 Å². The zero-order valence-electron chi connectivity index (χ0n) is 13.1. The van der Waals surface area contributed by atoms with E-state index >= 15 is 0 Å². The van der Waals surface area contributed by atoms with Gasteiger partial charge in [-0.25, -0.2) is 4.79 Å². The molecule has 1 heterocycles. The number of amides is 1. The van der Waals surface area contributed by atoms with E-state index in [1.165, 1.54) is 10.5 Å². The largest absolute Gasteiger partial charge is 0.480 e. The van der Waals surface area contributed by atoms with Gasteiger partial charge in [0, 0.05) is 26.5 Å². The summed E-state index contributed by atoms with van der Waals surface area (Å²) in [5.74, 6) is -1.08. The molecule has 0 bridgehead atoms. The molecule has 22 heavy (non-hydrogen) atoms. The molecule has 0 saturated carbocycles. The smallest absolute Gasteiger partial charge is 0.326 e. The Hall–Kier alpha value is -1.88. The van der Waals surface area contributed by atoms with E-state index in [0.717, 1.165) is 12.0 Å². The number of ether oxygens (including phenoxy) is 1. The highest BCUT2D eigenvalue weighted by Gasteiger charge is 2.39. The van der Waals surface area contributed by atoms with Crippen molar-refractivity contribution < 1.29 is 19.4 Å². The van der Waals surface area contributed by atoms with Crippen LogP contribution in [-0.4, -0.2) is 47.7 Å². The maximum absolute atomic E-state index is 12.3.